The second kappa shape index (κ2) is 7.07. The first kappa shape index (κ1) is 13.7. The zero-order valence-electron chi connectivity index (χ0n) is 10.6. The van der Waals surface area contributed by atoms with Crippen LogP contribution in [0.15, 0.2) is 30.3 Å². The first-order chi connectivity index (χ1) is 8.20. The van der Waals surface area contributed by atoms with E-state index in [0.29, 0.717) is 5.69 Å². The van der Waals surface area contributed by atoms with E-state index in [9.17, 15) is 10.0 Å². The zero-order chi connectivity index (χ0) is 12.7. The number of rotatable bonds is 6. The molecule has 1 aromatic rings. The van der Waals surface area contributed by atoms with Gasteiger partial charge in [-0.05, 0) is 25.0 Å². The third kappa shape index (κ3) is 3.86. The maximum absolute atomic E-state index is 12.1. The fourth-order valence-electron chi connectivity index (χ4n) is 1.96. The number of hydrogen-bond donors (Lipinski definition) is 1. The van der Waals surface area contributed by atoms with Crippen molar-refractivity contribution >= 4 is 11.6 Å². The Hall–Kier alpha value is -1.35. The van der Waals surface area contributed by atoms with E-state index in [0.717, 1.165) is 30.7 Å². The summed E-state index contributed by atoms with van der Waals surface area (Å²) in [6, 6.07) is 8.93. The topological polar surface area (TPSA) is 40.5 Å². The Morgan fingerprint density at radius 2 is 1.71 bits per heavy atom. The van der Waals surface area contributed by atoms with Gasteiger partial charge in [-0.3, -0.25) is 10.0 Å². The summed E-state index contributed by atoms with van der Waals surface area (Å²) in [6.45, 7) is 4.11. The van der Waals surface area contributed by atoms with Crippen LogP contribution >= 0.6 is 0 Å². The Morgan fingerprint density at radius 3 is 2.18 bits per heavy atom. The van der Waals surface area contributed by atoms with Crippen molar-refractivity contribution in [3.8, 4) is 0 Å². The summed E-state index contributed by atoms with van der Waals surface area (Å²) in [6.07, 6.45) is 3.57. The quantitative estimate of drug-likeness (QED) is 0.604. The molecule has 1 N–H and O–H groups in total. The van der Waals surface area contributed by atoms with E-state index in [-0.39, 0.29) is 11.8 Å². The number of hydroxylamine groups is 1. The van der Waals surface area contributed by atoms with E-state index in [1.807, 2.05) is 6.07 Å². The lowest BCUT2D eigenvalue weighted by atomic mass is 9.97. The van der Waals surface area contributed by atoms with Crippen molar-refractivity contribution in [1.82, 2.24) is 0 Å². The van der Waals surface area contributed by atoms with Crippen molar-refractivity contribution in [3.05, 3.63) is 30.3 Å². The summed E-state index contributed by atoms with van der Waals surface area (Å²) in [4.78, 5) is 12.1. The van der Waals surface area contributed by atoms with Crippen LogP contribution in [-0.2, 0) is 4.79 Å². The molecule has 0 aliphatic carbocycles. The molecule has 0 aliphatic rings. The molecule has 1 rings (SSSR count). The molecule has 0 unspecified atom stereocenters. The molecule has 17 heavy (non-hydrogen) atoms. The molecule has 1 amide bonds. The van der Waals surface area contributed by atoms with E-state index < -0.39 is 0 Å². The van der Waals surface area contributed by atoms with Crippen LogP contribution < -0.4 is 5.06 Å². The third-order valence-corrected chi connectivity index (χ3v) is 2.83. The normalized spacial score (nSPS) is 10.6. The van der Waals surface area contributed by atoms with Crippen LogP contribution in [0.25, 0.3) is 0 Å². The minimum atomic E-state index is -0.195. The molecule has 0 heterocycles. The summed E-state index contributed by atoms with van der Waals surface area (Å²) < 4.78 is 0. The first-order valence-electron chi connectivity index (χ1n) is 6.28. The van der Waals surface area contributed by atoms with Gasteiger partial charge in [0.1, 0.15) is 0 Å². The van der Waals surface area contributed by atoms with Crippen molar-refractivity contribution in [2.45, 2.75) is 39.5 Å². The molecule has 0 spiro atoms. The lowest BCUT2D eigenvalue weighted by Crippen LogP contribution is -2.33. The average Bonchev–Trinajstić information content (AvgIpc) is 2.38. The lowest BCUT2D eigenvalue weighted by Gasteiger charge is -2.21. The first-order valence-corrected chi connectivity index (χ1v) is 6.28. The highest BCUT2D eigenvalue weighted by Crippen LogP contribution is 2.20. The van der Waals surface area contributed by atoms with Gasteiger partial charge in [-0.15, -0.1) is 0 Å². The minimum Gasteiger partial charge on any atom is -0.281 e. The number of benzene rings is 1. The van der Waals surface area contributed by atoms with Crippen LogP contribution in [0.1, 0.15) is 39.5 Å². The number of hydrogen-bond acceptors (Lipinski definition) is 2. The lowest BCUT2D eigenvalue weighted by molar-refractivity contribution is -0.128. The summed E-state index contributed by atoms with van der Waals surface area (Å²) in [5.41, 5.74) is 0.537. The SMILES string of the molecule is CCCC(CCC)C(=O)N(O)c1ccccc1. The van der Waals surface area contributed by atoms with Gasteiger partial charge in [0, 0.05) is 5.92 Å². The number of carbonyl (C=O) groups is 1. The molecule has 0 saturated carbocycles. The van der Waals surface area contributed by atoms with Crippen molar-refractivity contribution in [2.75, 3.05) is 5.06 Å². The van der Waals surface area contributed by atoms with E-state index >= 15 is 0 Å². The molecule has 0 atom stereocenters. The fourth-order valence-corrected chi connectivity index (χ4v) is 1.96. The van der Waals surface area contributed by atoms with Gasteiger partial charge in [0.15, 0.2) is 0 Å². The van der Waals surface area contributed by atoms with Crippen LogP contribution in [0.4, 0.5) is 5.69 Å². The standard InChI is InChI=1S/C14H21NO2/c1-3-8-12(9-4-2)14(16)15(17)13-10-6-5-7-11-13/h5-7,10-12,17H,3-4,8-9H2,1-2H3. The van der Waals surface area contributed by atoms with Gasteiger partial charge in [-0.25, -0.2) is 0 Å². The number of para-hydroxylation sites is 1. The fraction of sp³-hybridized carbons (Fsp3) is 0.500. The Balaban J connectivity index is 2.73. The number of amides is 1. The molecule has 0 radical (unpaired) electrons. The molecule has 0 saturated heterocycles. The molecule has 3 heteroatoms. The van der Waals surface area contributed by atoms with Gasteiger partial charge in [-0.1, -0.05) is 44.9 Å². The zero-order valence-corrected chi connectivity index (χ0v) is 10.6. The van der Waals surface area contributed by atoms with Gasteiger partial charge in [0.25, 0.3) is 5.91 Å². The molecule has 0 fully saturated rings. The van der Waals surface area contributed by atoms with Crippen molar-refractivity contribution in [2.24, 2.45) is 5.92 Å². The van der Waals surface area contributed by atoms with Crippen LogP contribution in [0, 0.1) is 5.92 Å². The predicted molar refractivity (Wildman–Crippen MR) is 69.0 cm³/mol. The minimum absolute atomic E-state index is 0.0739. The van der Waals surface area contributed by atoms with E-state index in [4.69, 9.17) is 0 Å². The van der Waals surface area contributed by atoms with Gasteiger partial charge < -0.3 is 0 Å². The van der Waals surface area contributed by atoms with Gasteiger partial charge >= 0.3 is 0 Å². The molecule has 0 aromatic heterocycles. The monoisotopic (exact) mass is 235 g/mol. The number of nitrogens with zero attached hydrogens (tertiary/aromatic N) is 1. The molecular formula is C14H21NO2. The number of carbonyl (C=O) groups excluding carboxylic acids is 1. The van der Waals surface area contributed by atoms with E-state index in [2.05, 4.69) is 13.8 Å². The summed E-state index contributed by atoms with van der Waals surface area (Å²) in [5.74, 6) is -0.268. The molecular weight excluding hydrogens is 214 g/mol. The van der Waals surface area contributed by atoms with Gasteiger partial charge in [0.05, 0.1) is 5.69 Å². The molecule has 1 aromatic carbocycles. The summed E-state index contributed by atoms with van der Waals surface area (Å²) >= 11 is 0. The highest BCUT2D eigenvalue weighted by molar-refractivity contribution is 5.92. The number of anilines is 1. The Bertz CT molecular complexity index is 331. The largest absolute Gasteiger partial charge is 0.281 e. The van der Waals surface area contributed by atoms with Crippen molar-refractivity contribution in [1.29, 1.82) is 0 Å². The van der Waals surface area contributed by atoms with Crippen LogP contribution in [-0.4, -0.2) is 11.1 Å². The van der Waals surface area contributed by atoms with Crippen LogP contribution in [0.5, 0.6) is 0 Å². The Kier molecular flexibility index (Phi) is 5.70. The van der Waals surface area contributed by atoms with Crippen molar-refractivity contribution < 1.29 is 10.0 Å². The average molecular weight is 235 g/mol. The Morgan fingerprint density at radius 1 is 1.18 bits per heavy atom. The maximum atomic E-state index is 12.1. The van der Waals surface area contributed by atoms with Crippen LogP contribution in [0.2, 0.25) is 0 Å². The predicted octanol–water partition coefficient (Wildman–Crippen LogP) is 3.63. The van der Waals surface area contributed by atoms with Gasteiger partial charge in [0.2, 0.25) is 0 Å². The third-order valence-electron chi connectivity index (χ3n) is 2.83. The summed E-state index contributed by atoms with van der Waals surface area (Å²) in [7, 11) is 0. The van der Waals surface area contributed by atoms with Gasteiger partial charge in [-0.2, -0.15) is 5.06 Å². The second-order valence-electron chi connectivity index (χ2n) is 4.26. The maximum Gasteiger partial charge on any atom is 0.253 e. The smallest absolute Gasteiger partial charge is 0.253 e. The molecule has 0 bridgehead atoms. The molecule has 3 nitrogen and oxygen atoms in total. The molecule has 0 aliphatic heterocycles. The molecule has 94 valence electrons. The van der Waals surface area contributed by atoms with E-state index in [1.165, 1.54) is 0 Å². The highest BCUT2D eigenvalue weighted by Gasteiger charge is 2.22. The van der Waals surface area contributed by atoms with E-state index in [1.54, 1.807) is 24.3 Å². The summed E-state index contributed by atoms with van der Waals surface area (Å²) in [5, 5.41) is 10.7. The second-order valence-corrected chi connectivity index (χ2v) is 4.26. The highest BCUT2D eigenvalue weighted by atomic mass is 16.5. The van der Waals surface area contributed by atoms with Crippen LogP contribution in [0.3, 0.4) is 0 Å². The Labute approximate surface area is 103 Å². The van der Waals surface area contributed by atoms with Crippen molar-refractivity contribution in [3.63, 3.8) is 0 Å².